The highest BCUT2D eigenvalue weighted by Crippen LogP contribution is 2.13. The number of carboxylic acids is 1. The fourth-order valence-corrected chi connectivity index (χ4v) is 3.72. The summed E-state index contributed by atoms with van der Waals surface area (Å²) in [4.78, 5) is 25.6. The summed E-state index contributed by atoms with van der Waals surface area (Å²) in [6.07, 6.45) is -0.214. The number of carbonyl (C=O) groups is 1. The summed E-state index contributed by atoms with van der Waals surface area (Å²) in [5.74, 6) is -1.40. The molecule has 0 aliphatic carbocycles. The van der Waals surface area contributed by atoms with Gasteiger partial charge in [-0.3, -0.25) is 4.79 Å². The highest BCUT2D eigenvalue weighted by atomic mass is 16.5. The van der Waals surface area contributed by atoms with Gasteiger partial charge in [0.15, 0.2) is 0 Å². The van der Waals surface area contributed by atoms with E-state index in [1.807, 2.05) is 18.2 Å². The average molecular weight is 379 g/mol. The van der Waals surface area contributed by atoms with Crippen LogP contribution in [-0.4, -0.2) is 41.6 Å². The summed E-state index contributed by atoms with van der Waals surface area (Å²) in [6.45, 7) is 3.28. The van der Waals surface area contributed by atoms with Gasteiger partial charge >= 0.3 is 0 Å². The first-order valence-corrected chi connectivity index (χ1v) is 9.32. The second-order valence-electron chi connectivity index (χ2n) is 7.03. The third-order valence-corrected chi connectivity index (χ3v) is 5.06. The van der Waals surface area contributed by atoms with Crippen LogP contribution < -0.4 is 15.6 Å². The van der Waals surface area contributed by atoms with Crippen LogP contribution in [0.2, 0.25) is 0 Å². The minimum Gasteiger partial charge on any atom is -0.543 e. The lowest BCUT2D eigenvalue weighted by Crippen LogP contribution is -3.13. The third-order valence-electron chi connectivity index (χ3n) is 5.06. The van der Waals surface area contributed by atoms with Crippen molar-refractivity contribution in [2.24, 2.45) is 0 Å². The predicted octanol–water partition coefficient (Wildman–Crippen LogP) is -0.756. The van der Waals surface area contributed by atoms with Crippen molar-refractivity contribution < 1.29 is 19.5 Å². The lowest BCUT2D eigenvalue weighted by Gasteiger charge is -2.30. The molecule has 1 fully saturated rings. The number of aromatic carboxylic acids is 1. The van der Waals surface area contributed by atoms with Crippen molar-refractivity contribution >= 4 is 16.7 Å². The predicted molar refractivity (Wildman–Crippen MR) is 101 cm³/mol. The number of benzene rings is 2. The van der Waals surface area contributed by atoms with Gasteiger partial charge in [-0.05, 0) is 6.07 Å². The van der Waals surface area contributed by atoms with Crippen LogP contribution >= 0.6 is 0 Å². The second kappa shape index (κ2) is 7.92. The van der Waals surface area contributed by atoms with Gasteiger partial charge in [-0.15, -0.1) is 0 Å². The Morgan fingerprint density at radius 3 is 2.61 bits per heavy atom. The monoisotopic (exact) mass is 379 g/mol. The number of ether oxygens (including phenoxy) is 1. The molecule has 0 saturated carbocycles. The molecule has 3 aromatic rings. The van der Waals surface area contributed by atoms with Crippen LogP contribution in [0.5, 0.6) is 0 Å². The van der Waals surface area contributed by atoms with Crippen LogP contribution in [0.25, 0.3) is 10.8 Å². The quantitative estimate of drug-likeness (QED) is 0.630. The van der Waals surface area contributed by atoms with Crippen molar-refractivity contribution in [2.75, 3.05) is 19.7 Å². The number of carboxylic acid groups (broad SMARTS) is 1. The van der Waals surface area contributed by atoms with E-state index in [0.29, 0.717) is 17.4 Å². The first kappa shape index (κ1) is 18.3. The molecule has 0 spiro atoms. The zero-order chi connectivity index (χ0) is 19.5. The lowest BCUT2D eigenvalue weighted by atomic mass is 10.1. The number of nitrogens with zero attached hydrogens (tertiary/aromatic N) is 2. The zero-order valence-corrected chi connectivity index (χ0v) is 15.3. The van der Waals surface area contributed by atoms with Gasteiger partial charge in [0.05, 0.1) is 24.5 Å². The number of fused-ring (bicyclic) bond motifs is 1. The zero-order valence-electron chi connectivity index (χ0n) is 15.3. The van der Waals surface area contributed by atoms with E-state index < -0.39 is 5.97 Å². The molecule has 0 radical (unpaired) electrons. The first-order valence-electron chi connectivity index (χ1n) is 9.32. The highest BCUT2D eigenvalue weighted by molar-refractivity contribution is 6.00. The van der Waals surface area contributed by atoms with E-state index in [-0.39, 0.29) is 23.9 Å². The van der Waals surface area contributed by atoms with Gasteiger partial charge in [0.2, 0.25) is 0 Å². The molecule has 1 unspecified atom stereocenters. The molecular formula is C21H21N3O4. The van der Waals surface area contributed by atoms with Gasteiger partial charge in [0.1, 0.15) is 31.4 Å². The van der Waals surface area contributed by atoms with Gasteiger partial charge in [-0.1, -0.05) is 48.5 Å². The topological polar surface area (TPSA) is 88.7 Å². The Morgan fingerprint density at radius 2 is 1.86 bits per heavy atom. The fourth-order valence-electron chi connectivity index (χ4n) is 3.72. The van der Waals surface area contributed by atoms with Crippen molar-refractivity contribution in [2.45, 2.75) is 19.2 Å². The molecule has 1 N–H and O–H groups in total. The summed E-state index contributed by atoms with van der Waals surface area (Å²) in [6, 6.07) is 16.8. The Bertz CT molecular complexity index is 1050. The number of hydrogen-bond donors (Lipinski definition) is 1. The van der Waals surface area contributed by atoms with Crippen LogP contribution in [-0.2, 0) is 17.8 Å². The first-order chi connectivity index (χ1) is 13.6. The molecule has 1 saturated heterocycles. The van der Waals surface area contributed by atoms with Crippen LogP contribution in [0.15, 0.2) is 59.4 Å². The third kappa shape index (κ3) is 3.81. The summed E-state index contributed by atoms with van der Waals surface area (Å²) in [5.41, 5.74) is 0.706. The van der Waals surface area contributed by atoms with Gasteiger partial charge < -0.3 is 19.5 Å². The maximum Gasteiger partial charge on any atom is 0.274 e. The van der Waals surface area contributed by atoms with Crippen LogP contribution in [0.1, 0.15) is 16.1 Å². The smallest absolute Gasteiger partial charge is 0.274 e. The van der Waals surface area contributed by atoms with Crippen molar-refractivity contribution in [3.8, 4) is 0 Å². The highest BCUT2D eigenvalue weighted by Gasteiger charge is 2.25. The average Bonchev–Trinajstić information content (AvgIpc) is 2.71. The normalized spacial score (nSPS) is 19.6. The Balaban J connectivity index is 1.57. The molecule has 144 valence electrons. The number of nitrogens with one attached hydrogen (secondary N) is 1. The Kier molecular flexibility index (Phi) is 5.18. The molecule has 1 aromatic heterocycles. The van der Waals surface area contributed by atoms with E-state index in [9.17, 15) is 14.7 Å². The molecule has 2 heterocycles. The van der Waals surface area contributed by atoms with Crippen molar-refractivity contribution in [1.29, 1.82) is 0 Å². The second-order valence-corrected chi connectivity index (χ2v) is 7.03. The number of morpholine rings is 1. The minimum absolute atomic E-state index is 0.211. The van der Waals surface area contributed by atoms with Crippen LogP contribution in [0.3, 0.4) is 0 Å². The Labute approximate surface area is 161 Å². The standard InChI is InChI=1S/C21H21N3O4/c25-20-18-9-5-4-8-17(18)19(21(26)27)22-24(20)14-16-13-23(10-11-28-16)12-15-6-2-1-3-7-15/h1-9,16H,10-14H2,(H,26,27)/t16-/m0/s1. The fraction of sp³-hybridized carbons (Fsp3) is 0.286. The van der Waals surface area contributed by atoms with Crippen LogP contribution in [0.4, 0.5) is 0 Å². The van der Waals surface area contributed by atoms with E-state index >= 15 is 0 Å². The maximum absolute atomic E-state index is 12.8. The molecule has 7 heteroatoms. The summed E-state index contributed by atoms with van der Waals surface area (Å²) in [7, 11) is 0. The van der Waals surface area contributed by atoms with Crippen molar-refractivity contribution in [3.63, 3.8) is 0 Å². The number of carbonyl (C=O) groups excluding carboxylic acids is 1. The Hall–Kier alpha value is -3.03. The van der Waals surface area contributed by atoms with Gasteiger partial charge in [0.25, 0.3) is 5.56 Å². The van der Waals surface area contributed by atoms with E-state index in [1.165, 1.54) is 15.1 Å². The summed E-state index contributed by atoms with van der Waals surface area (Å²) < 4.78 is 7.03. The number of rotatable bonds is 5. The molecule has 7 nitrogen and oxygen atoms in total. The van der Waals surface area contributed by atoms with Gasteiger partial charge in [-0.2, -0.15) is 5.10 Å². The molecule has 0 amide bonds. The SMILES string of the molecule is O=C([O-])c1nn(C[C@@H]2C[NH+](Cc3ccccc3)CCO2)c(=O)c2ccccc12. The van der Waals surface area contributed by atoms with Gasteiger partial charge in [-0.25, -0.2) is 4.68 Å². The van der Waals surface area contributed by atoms with E-state index in [4.69, 9.17) is 4.74 Å². The summed E-state index contributed by atoms with van der Waals surface area (Å²) >= 11 is 0. The molecule has 0 bridgehead atoms. The van der Waals surface area contributed by atoms with Gasteiger partial charge in [0, 0.05) is 10.9 Å². The molecular weight excluding hydrogens is 358 g/mol. The molecule has 2 aromatic carbocycles. The number of aromatic nitrogens is 2. The largest absolute Gasteiger partial charge is 0.543 e. The number of hydrogen-bond acceptors (Lipinski definition) is 5. The van der Waals surface area contributed by atoms with Crippen LogP contribution in [0, 0.1) is 0 Å². The molecule has 2 atom stereocenters. The number of quaternary nitrogens is 1. The molecule has 1 aliphatic rings. The lowest BCUT2D eigenvalue weighted by molar-refractivity contribution is -0.925. The molecule has 4 rings (SSSR count). The maximum atomic E-state index is 12.8. The van der Waals surface area contributed by atoms with E-state index in [1.54, 1.807) is 24.3 Å². The van der Waals surface area contributed by atoms with Crippen molar-refractivity contribution in [1.82, 2.24) is 9.78 Å². The minimum atomic E-state index is -1.40. The Morgan fingerprint density at radius 1 is 1.14 bits per heavy atom. The molecule has 28 heavy (non-hydrogen) atoms. The van der Waals surface area contributed by atoms with E-state index in [2.05, 4.69) is 17.2 Å². The summed E-state index contributed by atoms with van der Waals surface area (Å²) in [5, 5.41) is 16.2. The van der Waals surface area contributed by atoms with E-state index in [0.717, 1.165) is 19.6 Å². The molecule has 1 aliphatic heterocycles. The van der Waals surface area contributed by atoms with Crippen molar-refractivity contribution in [3.05, 3.63) is 76.2 Å².